The Morgan fingerprint density at radius 2 is 1.76 bits per heavy atom. The standard InChI is InChI=1S/C28H36BN3O5/c1-18(20-8-10-23(34-7)11-9-20)31-16-21(14-26(31)33)19(2)35-25-15-22(17-32-24(25)12-13-30-32)29-36-27(3,4)28(5,6)37-29/h8-13,15,17-19,21H,14,16H2,1-7H3/t18-,19-,21-/m1/s1. The van der Waals surface area contributed by atoms with E-state index in [0.29, 0.717) is 18.7 Å². The first-order chi connectivity index (χ1) is 17.5. The first-order valence-corrected chi connectivity index (χ1v) is 12.9. The summed E-state index contributed by atoms with van der Waals surface area (Å²) in [5.41, 5.74) is 1.90. The largest absolute Gasteiger partial charge is 0.497 e. The van der Waals surface area contributed by atoms with E-state index in [1.165, 1.54) is 0 Å². The van der Waals surface area contributed by atoms with Gasteiger partial charge < -0.3 is 23.7 Å². The zero-order valence-electron chi connectivity index (χ0n) is 22.7. The number of aromatic nitrogens is 2. The summed E-state index contributed by atoms with van der Waals surface area (Å²) < 4.78 is 26.1. The van der Waals surface area contributed by atoms with Crippen LogP contribution >= 0.6 is 0 Å². The Hall–Kier alpha value is -3.04. The van der Waals surface area contributed by atoms with Crippen LogP contribution in [0.3, 0.4) is 0 Å². The molecule has 37 heavy (non-hydrogen) atoms. The van der Waals surface area contributed by atoms with Gasteiger partial charge >= 0.3 is 7.12 Å². The molecule has 9 heteroatoms. The molecule has 0 bridgehead atoms. The highest BCUT2D eigenvalue weighted by Crippen LogP contribution is 2.37. The van der Waals surface area contributed by atoms with Crippen LogP contribution < -0.4 is 14.9 Å². The van der Waals surface area contributed by atoms with Crippen LogP contribution in [0.2, 0.25) is 0 Å². The average molecular weight is 505 g/mol. The minimum Gasteiger partial charge on any atom is -0.497 e. The van der Waals surface area contributed by atoms with Gasteiger partial charge in [0.2, 0.25) is 5.91 Å². The van der Waals surface area contributed by atoms with Gasteiger partial charge in [-0.2, -0.15) is 5.10 Å². The van der Waals surface area contributed by atoms with Gasteiger partial charge in [-0.05, 0) is 71.4 Å². The molecule has 2 fully saturated rings. The number of carbonyl (C=O) groups excluding carboxylic acids is 1. The van der Waals surface area contributed by atoms with E-state index in [2.05, 4.69) is 12.0 Å². The molecule has 5 rings (SSSR count). The topological polar surface area (TPSA) is 74.5 Å². The number of hydrogen-bond acceptors (Lipinski definition) is 6. The molecule has 4 heterocycles. The monoisotopic (exact) mass is 505 g/mol. The van der Waals surface area contributed by atoms with E-state index >= 15 is 0 Å². The first-order valence-electron chi connectivity index (χ1n) is 12.9. The summed E-state index contributed by atoms with van der Waals surface area (Å²) in [5.74, 6) is 1.71. The van der Waals surface area contributed by atoms with Crippen molar-refractivity contribution < 1.29 is 23.6 Å². The fourth-order valence-corrected chi connectivity index (χ4v) is 5.03. The molecule has 0 aliphatic carbocycles. The fourth-order valence-electron chi connectivity index (χ4n) is 5.03. The highest BCUT2D eigenvalue weighted by atomic mass is 16.7. The number of rotatable bonds is 7. The zero-order chi connectivity index (χ0) is 26.5. The quantitative estimate of drug-likeness (QED) is 0.452. The van der Waals surface area contributed by atoms with Crippen molar-refractivity contribution in [1.29, 1.82) is 0 Å². The van der Waals surface area contributed by atoms with Gasteiger partial charge in [0.25, 0.3) is 0 Å². The lowest BCUT2D eigenvalue weighted by Crippen LogP contribution is -2.41. The normalized spacial score (nSPS) is 22.5. The average Bonchev–Trinajstić information content (AvgIpc) is 3.54. The number of carbonyl (C=O) groups is 1. The van der Waals surface area contributed by atoms with Gasteiger partial charge in [-0.1, -0.05) is 12.1 Å². The van der Waals surface area contributed by atoms with Gasteiger partial charge in [0.05, 0.1) is 30.6 Å². The van der Waals surface area contributed by atoms with Crippen LogP contribution in [-0.4, -0.2) is 58.5 Å². The molecule has 2 aliphatic rings. The molecule has 1 amide bonds. The third kappa shape index (κ3) is 4.70. The van der Waals surface area contributed by atoms with Crippen LogP contribution in [-0.2, 0) is 14.1 Å². The number of nitrogens with zero attached hydrogens (tertiary/aromatic N) is 3. The van der Waals surface area contributed by atoms with Crippen molar-refractivity contribution in [2.24, 2.45) is 5.92 Å². The van der Waals surface area contributed by atoms with Crippen molar-refractivity contribution in [2.75, 3.05) is 13.7 Å². The highest BCUT2D eigenvalue weighted by molar-refractivity contribution is 6.62. The maximum atomic E-state index is 13.0. The van der Waals surface area contributed by atoms with Crippen molar-refractivity contribution in [3.05, 3.63) is 54.4 Å². The summed E-state index contributed by atoms with van der Waals surface area (Å²) in [6.45, 7) is 12.9. The molecule has 1 aromatic carbocycles. The molecule has 196 valence electrons. The second-order valence-corrected chi connectivity index (χ2v) is 11.2. The van der Waals surface area contributed by atoms with Gasteiger partial charge in [-0.3, -0.25) is 4.79 Å². The summed E-state index contributed by atoms with van der Waals surface area (Å²) in [6, 6.07) is 11.8. The van der Waals surface area contributed by atoms with Crippen molar-refractivity contribution in [2.45, 2.75) is 71.3 Å². The van der Waals surface area contributed by atoms with Crippen LogP contribution in [0.4, 0.5) is 0 Å². The number of ether oxygens (including phenoxy) is 2. The minimum absolute atomic E-state index is 0.0242. The second-order valence-electron chi connectivity index (χ2n) is 11.2. The van der Waals surface area contributed by atoms with Crippen LogP contribution in [0, 0.1) is 5.92 Å². The number of hydrogen-bond donors (Lipinski definition) is 0. The summed E-state index contributed by atoms with van der Waals surface area (Å²) in [4.78, 5) is 14.9. The molecule has 0 N–H and O–H groups in total. The number of amides is 1. The minimum atomic E-state index is -0.523. The second kappa shape index (κ2) is 9.37. The first kappa shape index (κ1) is 25.6. The lowest BCUT2D eigenvalue weighted by molar-refractivity contribution is -0.129. The Balaban J connectivity index is 1.33. The molecule has 0 unspecified atom stereocenters. The summed E-state index contributed by atoms with van der Waals surface area (Å²) in [6.07, 6.45) is 3.95. The van der Waals surface area contributed by atoms with Crippen LogP contribution in [0.1, 0.15) is 59.6 Å². The Labute approximate surface area is 219 Å². The lowest BCUT2D eigenvalue weighted by atomic mass is 9.80. The van der Waals surface area contributed by atoms with Crippen LogP contribution in [0.5, 0.6) is 11.5 Å². The lowest BCUT2D eigenvalue weighted by Gasteiger charge is -2.32. The van der Waals surface area contributed by atoms with Crippen molar-refractivity contribution in [3.8, 4) is 11.5 Å². The smallest absolute Gasteiger partial charge is 0.496 e. The number of benzene rings is 1. The maximum absolute atomic E-state index is 13.0. The third-order valence-electron chi connectivity index (χ3n) is 8.25. The number of pyridine rings is 1. The van der Waals surface area contributed by atoms with E-state index in [1.807, 2.05) is 82.1 Å². The van der Waals surface area contributed by atoms with Gasteiger partial charge in [-0.25, -0.2) is 4.52 Å². The van der Waals surface area contributed by atoms with E-state index < -0.39 is 18.3 Å². The molecule has 8 nitrogen and oxygen atoms in total. The fraction of sp³-hybridized carbons (Fsp3) is 0.500. The molecule has 0 saturated carbocycles. The SMILES string of the molecule is COc1ccc([C@@H](C)N2C[C@H]([C@@H](C)Oc3cc(B4OC(C)(C)C(C)(C)O4)cn4nccc34)CC2=O)cc1. The summed E-state index contributed by atoms with van der Waals surface area (Å²) in [7, 11) is 1.13. The van der Waals surface area contributed by atoms with E-state index in [9.17, 15) is 4.79 Å². The van der Waals surface area contributed by atoms with Gasteiger partial charge in [0.1, 0.15) is 23.1 Å². The van der Waals surface area contributed by atoms with E-state index in [-0.39, 0.29) is 24.0 Å². The Morgan fingerprint density at radius 3 is 2.41 bits per heavy atom. The summed E-state index contributed by atoms with van der Waals surface area (Å²) in [5, 5.41) is 4.44. The van der Waals surface area contributed by atoms with Gasteiger partial charge in [0, 0.05) is 30.5 Å². The van der Waals surface area contributed by atoms with Gasteiger partial charge in [0.15, 0.2) is 0 Å². The molecule has 0 spiro atoms. The third-order valence-corrected chi connectivity index (χ3v) is 8.25. The Bertz CT molecular complexity index is 1270. The maximum Gasteiger partial charge on any atom is 0.496 e. The van der Waals surface area contributed by atoms with E-state index in [0.717, 1.165) is 22.3 Å². The van der Waals surface area contributed by atoms with Crippen LogP contribution in [0.25, 0.3) is 5.52 Å². The number of fused-ring (bicyclic) bond motifs is 1. The molecule has 2 aromatic heterocycles. The molecular weight excluding hydrogens is 469 g/mol. The Kier molecular flexibility index (Phi) is 6.48. The molecule has 3 aromatic rings. The Morgan fingerprint density at radius 1 is 1.08 bits per heavy atom. The highest BCUT2D eigenvalue weighted by Gasteiger charge is 2.52. The zero-order valence-corrected chi connectivity index (χ0v) is 22.7. The van der Waals surface area contributed by atoms with Crippen molar-refractivity contribution in [1.82, 2.24) is 14.5 Å². The van der Waals surface area contributed by atoms with Crippen molar-refractivity contribution in [3.63, 3.8) is 0 Å². The summed E-state index contributed by atoms with van der Waals surface area (Å²) >= 11 is 0. The molecule has 3 atom stereocenters. The van der Waals surface area contributed by atoms with Crippen LogP contribution in [0.15, 0.2) is 48.8 Å². The van der Waals surface area contributed by atoms with E-state index in [4.69, 9.17) is 18.8 Å². The molecule has 0 radical (unpaired) electrons. The molecule has 2 aliphatic heterocycles. The van der Waals surface area contributed by atoms with Crippen molar-refractivity contribution >= 4 is 24.0 Å². The molecular formula is C28H36BN3O5. The number of methoxy groups -OCH3 is 1. The predicted octanol–water partition coefficient (Wildman–Crippen LogP) is 4.02. The van der Waals surface area contributed by atoms with E-state index in [1.54, 1.807) is 17.8 Å². The molecule has 2 saturated heterocycles. The van der Waals surface area contributed by atoms with Gasteiger partial charge in [-0.15, -0.1) is 0 Å². The number of likely N-dealkylation sites (tertiary alicyclic amines) is 1. The predicted molar refractivity (Wildman–Crippen MR) is 142 cm³/mol.